The van der Waals surface area contributed by atoms with Gasteiger partial charge in [0.05, 0.1) is 19.4 Å². The third-order valence-corrected chi connectivity index (χ3v) is 6.46. The minimum atomic E-state index is -0.0958. The maximum atomic E-state index is 13.6. The number of hydrogen-bond donors (Lipinski definition) is 1. The summed E-state index contributed by atoms with van der Waals surface area (Å²) in [6.07, 6.45) is 0. The first kappa shape index (κ1) is 24.4. The number of ether oxygens (including phenoxy) is 2. The van der Waals surface area contributed by atoms with Crippen molar-refractivity contribution in [1.29, 1.82) is 0 Å². The number of aromatic nitrogens is 1. The fourth-order valence-corrected chi connectivity index (χ4v) is 4.46. The van der Waals surface area contributed by atoms with E-state index in [-0.39, 0.29) is 19.1 Å². The Hall–Kier alpha value is -3.68. The number of thiazole rings is 1. The lowest BCUT2D eigenvalue weighted by atomic mass is 10.1. The van der Waals surface area contributed by atoms with Crippen LogP contribution in [0, 0.1) is 6.92 Å². The van der Waals surface area contributed by atoms with Crippen LogP contribution < -0.4 is 9.47 Å². The van der Waals surface area contributed by atoms with E-state index in [0.717, 1.165) is 21.7 Å². The van der Waals surface area contributed by atoms with Crippen molar-refractivity contribution in [3.63, 3.8) is 0 Å². The Labute approximate surface area is 209 Å². The quantitative estimate of drug-likeness (QED) is 0.325. The summed E-state index contributed by atoms with van der Waals surface area (Å²) in [5.74, 6) is 1.16. The van der Waals surface area contributed by atoms with Crippen LogP contribution in [0.25, 0.3) is 0 Å². The van der Waals surface area contributed by atoms with Crippen molar-refractivity contribution in [2.45, 2.75) is 33.2 Å². The number of nitrogens with zero attached hydrogens (tertiary/aromatic N) is 2. The van der Waals surface area contributed by atoms with Gasteiger partial charge in [-0.2, -0.15) is 0 Å². The lowest BCUT2D eigenvalue weighted by Crippen LogP contribution is -2.30. The third kappa shape index (κ3) is 6.26. The predicted octanol–water partition coefficient (Wildman–Crippen LogP) is 5.37. The minimum absolute atomic E-state index is 0.0236. The summed E-state index contributed by atoms with van der Waals surface area (Å²) in [4.78, 5) is 19.7. The van der Waals surface area contributed by atoms with E-state index < -0.39 is 0 Å². The van der Waals surface area contributed by atoms with Crippen LogP contribution in [0.1, 0.15) is 37.7 Å². The fourth-order valence-electron chi connectivity index (χ4n) is 3.77. The second-order valence-corrected chi connectivity index (χ2v) is 9.07. The molecule has 4 aromatic rings. The number of rotatable bonds is 10. The standard InChI is InChI=1S/C28H28N2O4S/c1-20-8-6-7-11-24(20)28(32)30(15-21-9-4-3-5-10-21)16-22-12-13-25(33-2)26(14-22)34-18-27-29-23(17-31)19-35-27/h3-14,19,31H,15-18H2,1-2H3. The number of amides is 1. The maximum Gasteiger partial charge on any atom is 0.254 e. The van der Waals surface area contributed by atoms with Crippen molar-refractivity contribution in [2.75, 3.05) is 7.11 Å². The van der Waals surface area contributed by atoms with Crippen LogP contribution in [0.15, 0.2) is 78.2 Å². The maximum absolute atomic E-state index is 13.6. The molecule has 0 spiro atoms. The number of methoxy groups -OCH3 is 1. The zero-order valence-corrected chi connectivity index (χ0v) is 20.6. The van der Waals surface area contributed by atoms with Crippen molar-refractivity contribution < 1.29 is 19.4 Å². The van der Waals surface area contributed by atoms with Crippen LogP contribution in [-0.4, -0.2) is 28.0 Å². The van der Waals surface area contributed by atoms with Gasteiger partial charge in [0.15, 0.2) is 11.5 Å². The Bertz CT molecular complexity index is 1270. The molecule has 35 heavy (non-hydrogen) atoms. The van der Waals surface area contributed by atoms with E-state index in [1.165, 1.54) is 11.3 Å². The molecular formula is C28H28N2O4S. The van der Waals surface area contributed by atoms with Crippen LogP contribution in [0.4, 0.5) is 0 Å². The van der Waals surface area contributed by atoms with Crippen LogP contribution in [-0.2, 0) is 26.3 Å². The molecule has 1 heterocycles. The second kappa shape index (κ2) is 11.6. The molecule has 0 bridgehead atoms. The Morgan fingerprint density at radius 2 is 1.71 bits per heavy atom. The van der Waals surface area contributed by atoms with Gasteiger partial charge >= 0.3 is 0 Å². The third-order valence-electron chi connectivity index (χ3n) is 5.59. The summed E-state index contributed by atoms with van der Waals surface area (Å²) in [6.45, 7) is 3.02. The van der Waals surface area contributed by atoms with Gasteiger partial charge in [-0.3, -0.25) is 4.79 Å². The number of hydrogen-bond acceptors (Lipinski definition) is 6. The summed E-state index contributed by atoms with van der Waals surface area (Å²) < 4.78 is 11.5. The van der Waals surface area contributed by atoms with Crippen molar-refractivity contribution in [1.82, 2.24) is 9.88 Å². The highest BCUT2D eigenvalue weighted by Gasteiger charge is 2.19. The van der Waals surface area contributed by atoms with Gasteiger partial charge in [-0.1, -0.05) is 54.6 Å². The Morgan fingerprint density at radius 3 is 2.43 bits per heavy atom. The normalized spacial score (nSPS) is 10.7. The van der Waals surface area contributed by atoms with E-state index in [1.807, 2.05) is 90.0 Å². The summed E-state index contributed by atoms with van der Waals surface area (Å²) in [5.41, 5.74) is 4.24. The van der Waals surface area contributed by atoms with Crippen molar-refractivity contribution >= 4 is 17.2 Å². The second-order valence-electron chi connectivity index (χ2n) is 8.13. The fraction of sp³-hybridized carbons (Fsp3) is 0.214. The average Bonchev–Trinajstić information content (AvgIpc) is 3.36. The number of benzene rings is 3. The molecule has 1 amide bonds. The molecule has 1 N–H and O–H groups in total. The van der Waals surface area contributed by atoms with E-state index in [4.69, 9.17) is 9.47 Å². The van der Waals surface area contributed by atoms with Gasteiger partial charge in [0.25, 0.3) is 5.91 Å². The van der Waals surface area contributed by atoms with Crippen LogP contribution in [0.5, 0.6) is 11.5 Å². The molecule has 180 valence electrons. The van der Waals surface area contributed by atoms with E-state index in [2.05, 4.69) is 4.98 Å². The van der Waals surface area contributed by atoms with Gasteiger partial charge in [0.2, 0.25) is 0 Å². The number of carbonyl (C=O) groups is 1. The van der Waals surface area contributed by atoms with Crippen LogP contribution >= 0.6 is 11.3 Å². The van der Waals surface area contributed by atoms with Crippen molar-refractivity contribution in [3.05, 3.63) is 111 Å². The summed E-state index contributed by atoms with van der Waals surface area (Å²) >= 11 is 1.44. The number of aliphatic hydroxyl groups excluding tert-OH is 1. The van der Waals surface area contributed by atoms with Gasteiger partial charge in [0, 0.05) is 24.0 Å². The molecule has 0 aliphatic carbocycles. The summed E-state index contributed by atoms with van der Waals surface area (Å²) in [5, 5.41) is 11.8. The number of aliphatic hydroxyl groups is 1. The summed E-state index contributed by atoms with van der Waals surface area (Å²) in [7, 11) is 1.60. The molecular weight excluding hydrogens is 460 g/mol. The van der Waals surface area contributed by atoms with E-state index >= 15 is 0 Å². The lowest BCUT2D eigenvalue weighted by Gasteiger charge is -2.24. The number of aryl methyl sites for hydroxylation is 1. The largest absolute Gasteiger partial charge is 0.493 e. The first-order valence-electron chi connectivity index (χ1n) is 11.3. The topological polar surface area (TPSA) is 71.9 Å². The highest BCUT2D eigenvalue weighted by Crippen LogP contribution is 2.30. The lowest BCUT2D eigenvalue weighted by molar-refractivity contribution is 0.0729. The Balaban J connectivity index is 1.58. The van der Waals surface area contributed by atoms with E-state index in [9.17, 15) is 9.90 Å². The molecule has 0 aliphatic rings. The molecule has 1 aromatic heterocycles. The zero-order valence-electron chi connectivity index (χ0n) is 19.8. The molecule has 0 saturated carbocycles. The van der Waals surface area contributed by atoms with Crippen molar-refractivity contribution in [2.24, 2.45) is 0 Å². The predicted molar refractivity (Wildman–Crippen MR) is 137 cm³/mol. The average molecular weight is 489 g/mol. The van der Waals surface area contributed by atoms with Gasteiger partial charge in [-0.15, -0.1) is 11.3 Å². The highest BCUT2D eigenvalue weighted by molar-refractivity contribution is 7.09. The van der Waals surface area contributed by atoms with Gasteiger partial charge < -0.3 is 19.5 Å². The molecule has 6 nitrogen and oxygen atoms in total. The molecule has 0 radical (unpaired) electrons. The Kier molecular flexibility index (Phi) is 8.13. The van der Waals surface area contributed by atoms with Gasteiger partial charge in [-0.25, -0.2) is 4.98 Å². The van der Waals surface area contributed by atoms with Gasteiger partial charge in [0.1, 0.15) is 11.6 Å². The number of carbonyl (C=O) groups excluding carboxylic acids is 1. The molecule has 4 rings (SSSR count). The van der Waals surface area contributed by atoms with E-state index in [1.54, 1.807) is 7.11 Å². The smallest absolute Gasteiger partial charge is 0.254 e. The molecule has 0 unspecified atom stereocenters. The molecule has 0 saturated heterocycles. The molecule has 7 heteroatoms. The SMILES string of the molecule is COc1ccc(CN(Cc2ccccc2)C(=O)c2ccccc2C)cc1OCc1nc(CO)cs1. The summed E-state index contributed by atoms with van der Waals surface area (Å²) in [6, 6.07) is 23.3. The van der Waals surface area contributed by atoms with E-state index in [0.29, 0.717) is 35.8 Å². The molecule has 0 fully saturated rings. The first-order chi connectivity index (χ1) is 17.1. The first-order valence-corrected chi connectivity index (χ1v) is 12.2. The molecule has 0 aliphatic heterocycles. The van der Waals surface area contributed by atoms with Gasteiger partial charge in [-0.05, 0) is 41.8 Å². The minimum Gasteiger partial charge on any atom is -0.493 e. The highest BCUT2D eigenvalue weighted by atomic mass is 32.1. The van der Waals surface area contributed by atoms with Crippen molar-refractivity contribution in [3.8, 4) is 11.5 Å². The molecule has 3 aromatic carbocycles. The van der Waals surface area contributed by atoms with Crippen LogP contribution in [0.2, 0.25) is 0 Å². The van der Waals surface area contributed by atoms with Crippen LogP contribution in [0.3, 0.4) is 0 Å². The Morgan fingerprint density at radius 1 is 0.971 bits per heavy atom. The monoisotopic (exact) mass is 488 g/mol. The zero-order chi connectivity index (χ0) is 24.6. The molecule has 0 atom stereocenters.